The van der Waals surface area contributed by atoms with Crippen molar-refractivity contribution in [3.8, 4) is 11.5 Å². The first kappa shape index (κ1) is 15.5. The standard InChI is InChI=1S/C16H21N5O2/c1-16(2,3)14(22)20-7-9-21(10-8-20)15-19-18-13(23-15)12-5-4-6-17-11-12/h4-6,11H,7-10H2,1-3H3. The van der Waals surface area contributed by atoms with Gasteiger partial charge in [-0.1, -0.05) is 25.9 Å². The van der Waals surface area contributed by atoms with Crippen molar-refractivity contribution in [2.24, 2.45) is 5.41 Å². The van der Waals surface area contributed by atoms with Crippen molar-refractivity contribution in [3.63, 3.8) is 0 Å². The topological polar surface area (TPSA) is 75.4 Å². The maximum Gasteiger partial charge on any atom is 0.318 e. The number of hydrogen-bond donors (Lipinski definition) is 0. The van der Waals surface area contributed by atoms with Crippen molar-refractivity contribution < 1.29 is 9.21 Å². The first-order valence-corrected chi connectivity index (χ1v) is 7.73. The Morgan fingerprint density at radius 2 is 1.91 bits per heavy atom. The molecule has 0 aromatic carbocycles. The van der Waals surface area contributed by atoms with Crippen molar-refractivity contribution in [2.45, 2.75) is 20.8 Å². The lowest BCUT2D eigenvalue weighted by Gasteiger charge is -2.36. The summed E-state index contributed by atoms with van der Waals surface area (Å²) in [6.45, 7) is 8.55. The predicted octanol–water partition coefficient (Wildman–Crippen LogP) is 1.83. The normalized spacial score (nSPS) is 15.8. The van der Waals surface area contributed by atoms with Crippen molar-refractivity contribution in [1.29, 1.82) is 0 Å². The van der Waals surface area contributed by atoms with Crippen LogP contribution >= 0.6 is 0 Å². The fourth-order valence-electron chi connectivity index (χ4n) is 2.52. The molecular formula is C16H21N5O2. The van der Waals surface area contributed by atoms with E-state index < -0.39 is 0 Å². The monoisotopic (exact) mass is 315 g/mol. The molecule has 23 heavy (non-hydrogen) atoms. The lowest BCUT2D eigenvalue weighted by atomic mass is 9.94. The summed E-state index contributed by atoms with van der Waals surface area (Å²) in [4.78, 5) is 20.3. The first-order chi connectivity index (χ1) is 10.9. The highest BCUT2D eigenvalue weighted by Crippen LogP contribution is 2.23. The number of hydrogen-bond acceptors (Lipinski definition) is 6. The summed E-state index contributed by atoms with van der Waals surface area (Å²) in [5, 5.41) is 8.19. The number of anilines is 1. The molecule has 1 saturated heterocycles. The molecule has 0 saturated carbocycles. The van der Waals surface area contributed by atoms with Crippen LogP contribution in [0.15, 0.2) is 28.9 Å². The van der Waals surface area contributed by atoms with Crippen molar-refractivity contribution >= 4 is 11.9 Å². The van der Waals surface area contributed by atoms with Crippen molar-refractivity contribution in [3.05, 3.63) is 24.5 Å². The molecule has 1 amide bonds. The van der Waals surface area contributed by atoms with Crippen LogP contribution < -0.4 is 4.90 Å². The molecule has 3 heterocycles. The third kappa shape index (κ3) is 3.33. The van der Waals surface area contributed by atoms with Gasteiger partial charge in [-0.3, -0.25) is 9.78 Å². The number of carbonyl (C=O) groups is 1. The number of amides is 1. The zero-order valence-electron chi connectivity index (χ0n) is 13.7. The first-order valence-electron chi connectivity index (χ1n) is 7.73. The number of nitrogens with zero attached hydrogens (tertiary/aromatic N) is 5. The molecule has 0 atom stereocenters. The van der Waals surface area contributed by atoms with Crippen molar-refractivity contribution in [1.82, 2.24) is 20.1 Å². The zero-order valence-corrected chi connectivity index (χ0v) is 13.7. The number of aromatic nitrogens is 3. The molecule has 122 valence electrons. The largest absolute Gasteiger partial charge is 0.403 e. The van der Waals surface area contributed by atoms with Gasteiger partial charge in [0.2, 0.25) is 5.91 Å². The van der Waals surface area contributed by atoms with Gasteiger partial charge in [-0.2, -0.15) is 0 Å². The Kier molecular flexibility index (Phi) is 4.02. The highest BCUT2D eigenvalue weighted by atomic mass is 16.4. The summed E-state index contributed by atoms with van der Waals surface area (Å²) < 4.78 is 5.73. The number of rotatable bonds is 2. The van der Waals surface area contributed by atoms with Crippen LogP contribution in [0.2, 0.25) is 0 Å². The molecule has 1 aliphatic rings. The maximum absolute atomic E-state index is 12.3. The molecule has 0 bridgehead atoms. The van der Waals surface area contributed by atoms with Gasteiger partial charge in [-0.25, -0.2) is 0 Å². The van der Waals surface area contributed by atoms with Gasteiger partial charge in [0.05, 0.1) is 5.56 Å². The molecule has 0 radical (unpaired) electrons. The van der Waals surface area contributed by atoms with E-state index in [0.717, 1.165) is 5.56 Å². The highest BCUT2D eigenvalue weighted by Gasteiger charge is 2.30. The molecule has 2 aromatic heterocycles. The van der Waals surface area contributed by atoms with Crippen LogP contribution in [0.1, 0.15) is 20.8 Å². The smallest absolute Gasteiger partial charge is 0.318 e. The molecular weight excluding hydrogens is 294 g/mol. The van der Waals surface area contributed by atoms with Crippen LogP contribution in [0.3, 0.4) is 0 Å². The second-order valence-electron chi connectivity index (χ2n) is 6.66. The van der Waals surface area contributed by atoms with Crippen LogP contribution in [0, 0.1) is 5.41 Å². The second-order valence-corrected chi connectivity index (χ2v) is 6.66. The fourth-order valence-corrected chi connectivity index (χ4v) is 2.52. The number of piperazine rings is 1. The summed E-state index contributed by atoms with van der Waals surface area (Å²) in [6.07, 6.45) is 3.39. The minimum absolute atomic E-state index is 0.179. The Bertz CT molecular complexity index is 669. The third-order valence-electron chi connectivity index (χ3n) is 3.80. The summed E-state index contributed by atoms with van der Waals surface area (Å²) in [5.74, 6) is 0.639. The van der Waals surface area contributed by atoms with Crippen LogP contribution in [-0.4, -0.2) is 52.2 Å². The van der Waals surface area contributed by atoms with Gasteiger partial charge in [-0.05, 0) is 12.1 Å². The molecule has 0 spiro atoms. The number of carbonyl (C=O) groups excluding carboxylic acids is 1. The Morgan fingerprint density at radius 3 is 2.52 bits per heavy atom. The average Bonchev–Trinajstić information content (AvgIpc) is 3.04. The van der Waals surface area contributed by atoms with Gasteiger partial charge in [0, 0.05) is 44.0 Å². The molecule has 1 fully saturated rings. The van der Waals surface area contributed by atoms with Gasteiger partial charge >= 0.3 is 6.01 Å². The summed E-state index contributed by atoms with van der Waals surface area (Å²) in [5.41, 5.74) is 0.452. The van der Waals surface area contributed by atoms with Crippen LogP contribution in [0.5, 0.6) is 0 Å². The predicted molar refractivity (Wildman–Crippen MR) is 85.8 cm³/mol. The van der Waals surface area contributed by atoms with Gasteiger partial charge in [-0.15, -0.1) is 5.10 Å². The highest BCUT2D eigenvalue weighted by molar-refractivity contribution is 5.81. The van der Waals surface area contributed by atoms with E-state index in [1.165, 1.54) is 0 Å². The Labute approximate surface area is 135 Å². The van der Waals surface area contributed by atoms with E-state index in [1.807, 2.05) is 42.7 Å². The molecule has 7 heteroatoms. The van der Waals surface area contributed by atoms with E-state index in [1.54, 1.807) is 12.4 Å². The van der Waals surface area contributed by atoms with Gasteiger partial charge in [0.15, 0.2) is 0 Å². The maximum atomic E-state index is 12.3. The fraction of sp³-hybridized carbons (Fsp3) is 0.500. The SMILES string of the molecule is CC(C)(C)C(=O)N1CCN(c2nnc(-c3cccnc3)o2)CC1. The van der Waals surface area contributed by atoms with Crippen LogP contribution in [-0.2, 0) is 4.79 Å². The van der Waals surface area contributed by atoms with Crippen molar-refractivity contribution in [2.75, 3.05) is 31.1 Å². The Balaban J connectivity index is 1.65. The molecule has 0 N–H and O–H groups in total. The van der Waals surface area contributed by atoms with E-state index in [-0.39, 0.29) is 11.3 Å². The molecule has 3 rings (SSSR count). The summed E-state index contributed by atoms with van der Waals surface area (Å²) >= 11 is 0. The van der Waals surface area contributed by atoms with Gasteiger partial charge in [0.25, 0.3) is 5.89 Å². The molecule has 1 aliphatic heterocycles. The number of pyridine rings is 1. The average molecular weight is 315 g/mol. The minimum atomic E-state index is -0.347. The van der Waals surface area contributed by atoms with Crippen LogP contribution in [0.25, 0.3) is 11.5 Å². The molecule has 7 nitrogen and oxygen atoms in total. The summed E-state index contributed by atoms with van der Waals surface area (Å²) in [7, 11) is 0. The van der Waals surface area contributed by atoms with E-state index in [2.05, 4.69) is 15.2 Å². The Morgan fingerprint density at radius 1 is 1.17 bits per heavy atom. The molecule has 0 aliphatic carbocycles. The van der Waals surface area contributed by atoms with E-state index in [4.69, 9.17) is 4.42 Å². The van der Waals surface area contributed by atoms with E-state index in [9.17, 15) is 4.79 Å². The van der Waals surface area contributed by atoms with E-state index in [0.29, 0.717) is 38.1 Å². The second kappa shape index (κ2) is 5.98. The van der Waals surface area contributed by atoms with Crippen LogP contribution in [0.4, 0.5) is 6.01 Å². The van der Waals surface area contributed by atoms with Gasteiger partial charge < -0.3 is 14.2 Å². The summed E-state index contributed by atoms with van der Waals surface area (Å²) in [6, 6.07) is 4.20. The lowest BCUT2D eigenvalue weighted by molar-refractivity contribution is -0.139. The quantitative estimate of drug-likeness (QED) is 0.841. The van der Waals surface area contributed by atoms with Gasteiger partial charge in [0.1, 0.15) is 0 Å². The zero-order chi connectivity index (χ0) is 16.4. The lowest BCUT2D eigenvalue weighted by Crippen LogP contribution is -2.51. The molecule has 0 unspecified atom stereocenters. The van der Waals surface area contributed by atoms with E-state index >= 15 is 0 Å². The third-order valence-corrected chi connectivity index (χ3v) is 3.80. The Hall–Kier alpha value is -2.44. The molecule has 2 aromatic rings. The minimum Gasteiger partial charge on any atom is -0.403 e.